The summed E-state index contributed by atoms with van der Waals surface area (Å²) in [6.07, 6.45) is 6.70. The van der Waals surface area contributed by atoms with Crippen molar-refractivity contribution in [2.75, 3.05) is 46.5 Å². The molecule has 0 saturated carbocycles. The van der Waals surface area contributed by atoms with E-state index >= 15 is 0 Å². The zero-order valence-corrected chi connectivity index (χ0v) is 26.2. The van der Waals surface area contributed by atoms with E-state index in [9.17, 15) is 0 Å². The van der Waals surface area contributed by atoms with Crippen LogP contribution in [0.1, 0.15) is 108 Å². The van der Waals surface area contributed by atoms with E-state index in [0.717, 1.165) is 19.0 Å². The van der Waals surface area contributed by atoms with Crippen LogP contribution in [0.3, 0.4) is 0 Å². The second-order valence-electron chi connectivity index (χ2n) is 12.3. The van der Waals surface area contributed by atoms with Gasteiger partial charge in [-0.05, 0) is 112 Å². The molecule has 3 saturated heterocycles. The third kappa shape index (κ3) is 12.7. The van der Waals surface area contributed by atoms with Gasteiger partial charge in [0.25, 0.3) is 0 Å². The lowest BCUT2D eigenvalue weighted by Gasteiger charge is -2.42. The normalized spacial score (nSPS) is 25.4. The van der Waals surface area contributed by atoms with E-state index in [1.54, 1.807) is 0 Å². The summed E-state index contributed by atoms with van der Waals surface area (Å²) in [5.41, 5.74) is 1.54. The molecule has 0 radical (unpaired) electrons. The number of β-amino-alcohol motifs (C(OH)–C–C–N with tert-alkyl or cyclic N) is 1. The van der Waals surface area contributed by atoms with Gasteiger partial charge < -0.3 is 15.3 Å². The molecule has 0 aromatic rings. The van der Waals surface area contributed by atoms with Crippen molar-refractivity contribution in [3.8, 4) is 0 Å². The van der Waals surface area contributed by atoms with Gasteiger partial charge in [0.2, 0.25) is 0 Å². The fraction of sp³-hybridized carbons (Fsp3) is 1.00. The molecule has 4 nitrogen and oxygen atoms in total. The van der Waals surface area contributed by atoms with E-state index in [1.165, 1.54) is 45.2 Å². The fourth-order valence-corrected chi connectivity index (χ4v) is 5.45. The summed E-state index contributed by atoms with van der Waals surface area (Å²) in [5.74, 6) is 0.724. The molecule has 3 heterocycles. The highest BCUT2D eigenvalue weighted by Crippen LogP contribution is 2.44. The Bertz CT molecular complexity index is 478. The summed E-state index contributed by atoms with van der Waals surface area (Å²) in [7, 11) is 4.62. The molecule has 33 heavy (non-hydrogen) atoms. The molecular formula is C28H64N3OP. The average molecular weight is 490 g/mol. The molecule has 0 aromatic carbocycles. The summed E-state index contributed by atoms with van der Waals surface area (Å²) in [6, 6.07) is 0. The predicted octanol–water partition coefficient (Wildman–Crippen LogP) is 6.28. The van der Waals surface area contributed by atoms with Crippen LogP contribution in [0.25, 0.3) is 0 Å². The second kappa shape index (κ2) is 16.1. The minimum Gasteiger partial charge on any atom is -0.395 e. The lowest BCUT2D eigenvalue weighted by Crippen LogP contribution is -2.47. The highest BCUT2D eigenvalue weighted by molar-refractivity contribution is 7.15. The molecule has 202 valence electrons. The number of rotatable bonds is 2. The summed E-state index contributed by atoms with van der Waals surface area (Å²) in [6.45, 7) is 31.3. The molecule has 2 N–H and O–H groups in total. The van der Waals surface area contributed by atoms with Gasteiger partial charge in [0.05, 0.1) is 6.61 Å². The molecule has 2 atom stereocenters. The molecule has 5 heteroatoms. The smallest absolute Gasteiger partial charge is 0.0558 e. The van der Waals surface area contributed by atoms with Crippen LogP contribution < -0.4 is 5.32 Å². The van der Waals surface area contributed by atoms with Gasteiger partial charge in [-0.25, -0.2) is 0 Å². The van der Waals surface area contributed by atoms with E-state index in [-0.39, 0.29) is 12.1 Å². The molecule has 0 amide bonds. The highest BCUT2D eigenvalue weighted by Gasteiger charge is 2.45. The molecule has 0 bridgehead atoms. The van der Waals surface area contributed by atoms with Crippen molar-refractivity contribution >= 4 is 9.24 Å². The topological polar surface area (TPSA) is 38.7 Å². The van der Waals surface area contributed by atoms with E-state index in [1.807, 2.05) is 20.5 Å². The Morgan fingerprint density at radius 2 is 1.48 bits per heavy atom. The zero-order valence-electron chi connectivity index (χ0n) is 25.1. The van der Waals surface area contributed by atoms with Crippen molar-refractivity contribution in [1.29, 1.82) is 0 Å². The minimum absolute atomic E-state index is 0.237. The number of nitrogens with zero attached hydrogens (tertiary/aromatic N) is 2. The van der Waals surface area contributed by atoms with Crippen molar-refractivity contribution in [1.82, 2.24) is 15.1 Å². The lowest BCUT2D eigenvalue weighted by atomic mass is 9.71. The van der Waals surface area contributed by atoms with Gasteiger partial charge in [0.1, 0.15) is 0 Å². The molecule has 0 spiro atoms. The second-order valence-corrected chi connectivity index (χ2v) is 12.3. The maximum absolute atomic E-state index is 9.01. The van der Waals surface area contributed by atoms with Crippen LogP contribution in [0, 0.1) is 11.3 Å². The van der Waals surface area contributed by atoms with Crippen LogP contribution in [0.4, 0.5) is 0 Å². The zero-order chi connectivity index (χ0) is 26.5. The number of hydrogen-bond donors (Lipinski definition) is 2. The predicted molar refractivity (Wildman–Crippen MR) is 155 cm³/mol. The number of hydrogen-bond acceptors (Lipinski definition) is 4. The molecule has 2 unspecified atom stereocenters. The first kappa shape index (κ1) is 35.4. The maximum atomic E-state index is 9.01. The molecule has 0 aliphatic carbocycles. The van der Waals surface area contributed by atoms with Gasteiger partial charge in [-0.1, -0.05) is 41.3 Å². The summed E-state index contributed by atoms with van der Waals surface area (Å²) in [4.78, 5) is 4.84. The average Bonchev–Trinajstić information content (AvgIpc) is 3.36. The van der Waals surface area contributed by atoms with E-state index < -0.39 is 0 Å². The lowest BCUT2D eigenvalue weighted by molar-refractivity contribution is 0.0663. The van der Waals surface area contributed by atoms with Crippen LogP contribution in [0.15, 0.2) is 0 Å². The van der Waals surface area contributed by atoms with Crippen LogP contribution in [-0.4, -0.2) is 78.0 Å². The third-order valence-corrected chi connectivity index (χ3v) is 7.67. The quantitative estimate of drug-likeness (QED) is 0.448. The van der Waals surface area contributed by atoms with Crippen molar-refractivity contribution in [2.24, 2.45) is 11.3 Å². The SMILES string of the molecule is CC.CC(C)(C)C1CCN(CCO)C1(C)C.CC1(C)CCCN1.CN1CCCC1(C)C.CP. The Balaban J connectivity index is 0. The number of aliphatic hydroxyl groups excluding tert-OH is 1. The first-order chi connectivity index (χ1) is 15.1. The van der Waals surface area contributed by atoms with E-state index in [2.05, 4.69) is 93.7 Å². The van der Waals surface area contributed by atoms with Gasteiger partial charge in [-0.2, -0.15) is 0 Å². The van der Waals surface area contributed by atoms with Crippen LogP contribution in [0.2, 0.25) is 0 Å². The number of aliphatic hydroxyl groups is 1. The van der Waals surface area contributed by atoms with Crippen molar-refractivity contribution < 1.29 is 5.11 Å². The Hall–Kier alpha value is 0.270. The van der Waals surface area contributed by atoms with Gasteiger partial charge in [-0.15, -0.1) is 9.24 Å². The van der Waals surface area contributed by atoms with Crippen LogP contribution in [0.5, 0.6) is 0 Å². The third-order valence-electron chi connectivity index (χ3n) is 7.67. The molecular weight excluding hydrogens is 425 g/mol. The first-order valence-electron chi connectivity index (χ1n) is 13.5. The standard InChI is InChI=1S/C12H25NO.C7H15N.C6H13N.C2H6.CH5P/c1-11(2,3)10-6-7-13(8-9-14)12(10,4)5;1-7(2)5-4-6-8(7)3;1-6(2)4-3-5-7-6;2*1-2/h10,14H,6-9H2,1-5H3;4-6H2,1-3H3;7H,3-5H2,1-2H3;1-2H3;2H2,1H3. The van der Waals surface area contributed by atoms with Crippen molar-refractivity contribution in [3.63, 3.8) is 0 Å². The van der Waals surface area contributed by atoms with E-state index in [4.69, 9.17) is 5.11 Å². The van der Waals surface area contributed by atoms with Crippen LogP contribution in [-0.2, 0) is 0 Å². The summed E-state index contributed by atoms with van der Waals surface area (Å²) in [5, 5.41) is 12.4. The summed E-state index contributed by atoms with van der Waals surface area (Å²) >= 11 is 0. The van der Waals surface area contributed by atoms with Crippen LogP contribution >= 0.6 is 9.24 Å². The Morgan fingerprint density at radius 1 is 0.939 bits per heavy atom. The Morgan fingerprint density at radius 3 is 1.70 bits per heavy atom. The Kier molecular flexibility index (Phi) is 17.3. The van der Waals surface area contributed by atoms with Gasteiger partial charge in [-0.3, -0.25) is 4.90 Å². The summed E-state index contributed by atoms with van der Waals surface area (Å²) < 4.78 is 0. The monoisotopic (exact) mass is 489 g/mol. The highest BCUT2D eigenvalue weighted by atomic mass is 31.0. The maximum Gasteiger partial charge on any atom is 0.0558 e. The minimum atomic E-state index is 0.237. The van der Waals surface area contributed by atoms with E-state index in [0.29, 0.717) is 16.5 Å². The van der Waals surface area contributed by atoms with Gasteiger partial charge in [0.15, 0.2) is 0 Å². The van der Waals surface area contributed by atoms with Crippen molar-refractivity contribution in [2.45, 2.75) is 125 Å². The number of nitrogens with one attached hydrogen (secondary N) is 1. The molecule has 3 aliphatic rings. The first-order valence-corrected chi connectivity index (χ1v) is 14.7. The number of likely N-dealkylation sites (tertiary alicyclic amines) is 2. The van der Waals surface area contributed by atoms with Gasteiger partial charge in [0, 0.05) is 23.2 Å². The van der Waals surface area contributed by atoms with Gasteiger partial charge >= 0.3 is 0 Å². The largest absolute Gasteiger partial charge is 0.395 e. The van der Waals surface area contributed by atoms with Crippen molar-refractivity contribution in [3.05, 3.63) is 0 Å². The molecule has 0 aromatic heterocycles. The molecule has 3 aliphatic heterocycles. The Labute approximate surface area is 212 Å². The molecule has 3 fully saturated rings. The molecule has 3 rings (SSSR count). The fourth-order valence-electron chi connectivity index (χ4n) is 5.45.